The predicted octanol–water partition coefficient (Wildman–Crippen LogP) is 5.05. The zero-order valence-electron chi connectivity index (χ0n) is 11.3. The summed E-state index contributed by atoms with van der Waals surface area (Å²) in [5.74, 6) is 0.462. The molecular formula is C16H13BrClN3. The Labute approximate surface area is 136 Å². The Morgan fingerprint density at radius 2 is 1.95 bits per heavy atom. The molecule has 1 aromatic heterocycles. The third kappa shape index (κ3) is 2.69. The number of rotatable bonds is 2. The standard InChI is InChI=1S/C16H13BrClN3/c1-9-5-6-11(8-13(9)17)15-14(16(19)21-20-15)10-3-2-4-12(18)7-10/h2-8H,1H3,(H3,19,20,21). The van der Waals surface area contributed by atoms with Gasteiger partial charge in [0.1, 0.15) is 0 Å². The summed E-state index contributed by atoms with van der Waals surface area (Å²) >= 11 is 9.64. The Bertz CT molecular complexity index is 811. The maximum Gasteiger partial charge on any atom is 0.153 e. The maximum atomic E-state index is 6.08. The van der Waals surface area contributed by atoms with E-state index in [0.29, 0.717) is 10.8 Å². The molecule has 0 unspecified atom stereocenters. The lowest BCUT2D eigenvalue weighted by Crippen LogP contribution is -1.89. The minimum absolute atomic E-state index is 0.462. The van der Waals surface area contributed by atoms with E-state index >= 15 is 0 Å². The van der Waals surface area contributed by atoms with Crippen LogP contribution in [0, 0.1) is 6.92 Å². The molecule has 3 N–H and O–H groups in total. The van der Waals surface area contributed by atoms with E-state index < -0.39 is 0 Å². The van der Waals surface area contributed by atoms with Crippen LogP contribution in [0.25, 0.3) is 22.4 Å². The molecule has 0 fully saturated rings. The van der Waals surface area contributed by atoms with Crippen molar-refractivity contribution >= 4 is 33.3 Å². The topological polar surface area (TPSA) is 54.7 Å². The summed E-state index contributed by atoms with van der Waals surface area (Å²) in [4.78, 5) is 0. The van der Waals surface area contributed by atoms with E-state index in [-0.39, 0.29) is 0 Å². The van der Waals surface area contributed by atoms with Gasteiger partial charge in [0, 0.05) is 15.1 Å². The molecule has 3 aromatic rings. The highest BCUT2D eigenvalue weighted by molar-refractivity contribution is 9.10. The summed E-state index contributed by atoms with van der Waals surface area (Å²) in [5.41, 5.74) is 10.9. The molecule has 21 heavy (non-hydrogen) atoms. The minimum atomic E-state index is 0.462. The molecule has 2 aromatic carbocycles. The Morgan fingerprint density at radius 1 is 1.14 bits per heavy atom. The fourth-order valence-corrected chi connectivity index (χ4v) is 2.82. The van der Waals surface area contributed by atoms with Crippen LogP contribution < -0.4 is 5.73 Å². The Morgan fingerprint density at radius 3 is 2.67 bits per heavy atom. The van der Waals surface area contributed by atoms with E-state index in [1.807, 2.05) is 37.3 Å². The van der Waals surface area contributed by atoms with Crippen LogP contribution in [-0.2, 0) is 0 Å². The number of halogens is 2. The molecule has 0 aliphatic rings. The van der Waals surface area contributed by atoms with Crippen molar-refractivity contribution in [1.29, 1.82) is 0 Å². The monoisotopic (exact) mass is 361 g/mol. The number of benzene rings is 2. The first-order valence-electron chi connectivity index (χ1n) is 6.42. The smallest absolute Gasteiger partial charge is 0.153 e. The number of nitrogens with one attached hydrogen (secondary N) is 1. The molecular weight excluding hydrogens is 350 g/mol. The van der Waals surface area contributed by atoms with Crippen molar-refractivity contribution < 1.29 is 0 Å². The first-order chi connectivity index (χ1) is 10.1. The highest BCUT2D eigenvalue weighted by Gasteiger charge is 2.15. The van der Waals surface area contributed by atoms with E-state index in [2.05, 4.69) is 38.3 Å². The van der Waals surface area contributed by atoms with Crippen molar-refractivity contribution in [3.05, 3.63) is 57.5 Å². The van der Waals surface area contributed by atoms with E-state index in [1.54, 1.807) is 0 Å². The quantitative estimate of drug-likeness (QED) is 0.670. The van der Waals surface area contributed by atoms with Gasteiger partial charge < -0.3 is 5.73 Å². The maximum absolute atomic E-state index is 6.08. The molecule has 0 spiro atoms. The van der Waals surface area contributed by atoms with Gasteiger partial charge in [0.15, 0.2) is 5.82 Å². The van der Waals surface area contributed by atoms with Gasteiger partial charge >= 0.3 is 0 Å². The first kappa shape index (κ1) is 14.2. The second-order valence-corrected chi connectivity index (χ2v) is 6.12. The number of anilines is 1. The third-order valence-corrected chi connectivity index (χ3v) is 4.46. The average molecular weight is 363 g/mol. The number of hydrogen-bond donors (Lipinski definition) is 2. The van der Waals surface area contributed by atoms with Crippen LogP contribution >= 0.6 is 27.5 Å². The fourth-order valence-electron chi connectivity index (χ4n) is 2.25. The molecule has 0 atom stereocenters. The molecule has 0 saturated heterocycles. The number of aromatic nitrogens is 2. The molecule has 0 radical (unpaired) electrons. The van der Waals surface area contributed by atoms with Gasteiger partial charge in [-0.1, -0.05) is 51.8 Å². The molecule has 0 bridgehead atoms. The number of nitrogens with two attached hydrogens (primary N) is 1. The molecule has 3 nitrogen and oxygen atoms in total. The Kier molecular flexibility index (Phi) is 3.74. The summed E-state index contributed by atoms with van der Waals surface area (Å²) in [6.45, 7) is 2.05. The van der Waals surface area contributed by atoms with Crippen LogP contribution in [0.15, 0.2) is 46.9 Å². The van der Waals surface area contributed by atoms with Crippen molar-refractivity contribution in [3.63, 3.8) is 0 Å². The van der Waals surface area contributed by atoms with Gasteiger partial charge in [-0.25, -0.2) is 0 Å². The van der Waals surface area contributed by atoms with Crippen molar-refractivity contribution in [2.45, 2.75) is 6.92 Å². The first-order valence-corrected chi connectivity index (χ1v) is 7.59. The van der Waals surface area contributed by atoms with Gasteiger partial charge in [0.25, 0.3) is 0 Å². The predicted molar refractivity (Wildman–Crippen MR) is 91.3 cm³/mol. The lowest BCUT2D eigenvalue weighted by atomic mass is 10.0. The third-order valence-electron chi connectivity index (χ3n) is 3.37. The zero-order valence-corrected chi connectivity index (χ0v) is 13.7. The van der Waals surface area contributed by atoms with E-state index in [1.165, 1.54) is 5.56 Å². The van der Waals surface area contributed by atoms with E-state index in [9.17, 15) is 0 Å². The Hall–Kier alpha value is -1.78. The summed E-state index contributed by atoms with van der Waals surface area (Å²) in [5, 5.41) is 7.83. The van der Waals surface area contributed by atoms with Gasteiger partial charge in [0.05, 0.1) is 11.3 Å². The highest BCUT2D eigenvalue weighted by Crippen LogP contribution is 2.36. The van der Waals surface area contributed by atoms with Gasteiger partial charge in [-0.05, 0) is 36.2 Å². The molecule has 5 heteroatoms. The molecule has 0 amide bonds. The van der Waals surface area contributed by atoms with Crippen molar-refractivity contribution in [2.75, 3.05) is 5.73 Å². The van der Waals surface area contributed by atoms with Crippen molar-refractivity contribution in [1.82, 2.24) is 10.2 Å². The van der Waals surface area contributed by atoms with Gasteiger partial charge in [0.2, 0.25) is 0 Å². The normalized spacial score (nSPS) is 10.8. The van der Waals surface area contributed by atoms with E-state index in [0.717, 1.165) is 26.9 Å². The Balaban J connectivity index is 2.19. The summed E-state index contributed by atoms with van der Waals surface area (Å²) < 4.78 is 1.05. The van der Waals surface area contributed by atoms with Crippen LogP contribution in [0.2, 0.25) is 5.02 Å². The zero-order chi connectivity index (χ0) is 15.0. The summed E-state index contributed by atoms with van der Waals surface area (Å²) in [6, 6.07) is 13.7. The van der Waals surface area contributed by atoms with Crippen molar-refractivity contribution in [2.24, 2.45) is 0 Å². The summed E-state index contributed by atoms with van der Waals surface area (Å²) in [6.07, 6.45) is 0. The van der Waals surface area contributed by atoms with Crippen LogP contribution in [0.3, 0.4) is 0 Å². The van der Waals surface area contributed by atoms with Gasteiger partial charge in [-0.3, -0.25) is 5.10 Å². The van der Waals surface area contributed by atoms with E-state index in [4.69, 9.17) is 17.3 Å². The molecule has 0 aliphatic heterocycles. The number of aryl methyl sites for hydroxylation is 1. The molecule has 0 aliphatic carbocycles. The number of H-pyrrole nitrogens is 1. The minimum Gasteiger partial charge on any atom is -0.382 e. The number of nitrogen functional groups attached to an aromatic ring is 1. The van der Waals surface area contributed by atoms with Gasteiger partial charge in [-0.2, -0.15) is 5.10 Å². The number of nitrogens with zero attached hydrogens (tertiary/aromatic N) is 1. The van der Waals surface area contributed by atoms with Crippen LogP contribution in [-0.4, -0.2) is 10.2 Å². The average Bonchev–Trinajstić information content (AvgIpc) is 2.84. The van der Waals surface area contributed by atoms with Crippen LogP contribution in [0.5, 0.6) is 0 Å². The fraction of sp³-hybridized carbons (Fsp3) is 0.0625. The molecule has 106 valence electrons. The van der Waals surface area contributed by atoms with Gasteiger partial charge in [-0.15, -0.1) is 0 Å². The highest BCUT2D eigenvalue weighted by atomic mass is 79.9. The second kappa shape index (κ2) is 5.54. The lowest BCUT2D eigenvalue weighted by molar-refractivity contribution is 1.10. The lowest BCUT2D eigenvalue weighted by Gasteiger charge is -2.07. The largest absolute Gasteiger partial charge is 0.382 e. The van der Waals surface area contributed by atoms with Crippen molar-refractivity contribution in [3.8, 4) is 22.4 Å². The SMILES string of the molecule is Cc1ccc(-c2[nH]nc(N)c2-c2cccc(Cl)c2)cc1Br. The summed E-state index contributed by atoms with van der Waals surface area (Å²) in [7, 11) is 0. The molecule has 1 heterocycles. The number of aromatic amines is 1. The van der Waals surface area contributed by atoms with Crippen LogP contribution in [0.4, 0.5) is 5.82 Å². The molecule has 3 rings (SSSR count). The molecule has 0 saturated carbocycles. The van der Waals surface area contributed by atoms with Crippen LogP contribution in [0.1, 0.15) is 5.56 Å². The number of hydrogen-bond acceptors (Lipinski definition) is 2. The second-order valence-electron chi connectivity index (χ2n) is 4.83.